The number of imidazole rings is 1. The summed E-state index contributed by atoms with van der Waals surface area (Å²) in [7, 11) is 0. The molecule has 0 spiro atoms. The number of nitrogens with zero attached hydrogens (tertiary/aromatic N) is 3. The highest BCUT2D eigenvalue weighted by Crippen LogP contribution is 2.35. The number of aryl methyl sites for hydroxylation is 1. The first-order valence-corrected chi connectivity index (χ1v) is 6.50. The van der Waals surface area contributed by atoms with E-state index in [0.29, 0.717) is 5.56 Å². The Hall–Kier alpha value is -2.12. The van der Waals surface area contributed by atoms with Crippen LogP contribution >= 0.6 is 0 Å². The quantitative estimate of drug-likeness (QED) is 0.847. The van der Waals surface area contributed by atoms with Gasteiger partial charge in [-0.3, -0.25) is 0 Å². The second kappa shape index (κ2) is 4.52. The monoisotopic (exact) mass is 252 g/mol. The Labute approximate surface area is 112 Å². The molecule has 1 unspecified atom stereocenters. The van der Waals surface area contributed by atoms with Crippen LogP contribution in [0.15, 0.2) is 30.5 Å². The average molecular weight is 252 g/mol. The maximum absolute atomic E-state index is 8.86. The lowest BCUT2D eigenvalue weighted by atomic mass is 9.93. The normalized spacial score (nSPS) is 21.7. The minimum Gasteiger partial charge on any atom is -0.323 e. The lowest BCUT2D eigenvalue weighted by Crippen LogP contribution is -2.26. The van der Waals surface area contributed by atoms with E-state index in [1.54, 1.807) is 0 Å². The number of benzene rings is 1. The molecule has 1 aromatic heterocycles. The third kappa shape index (κ3) is 1.92. The Balaban J connectivity index is 2.04. The van der Waals surface area contributed by atoms with Gasteiger partial charge in [0, 0.05) is 6.04 Å². The van der Waals surface area contributed by atoms with Crippen molar-refractivity contribution in [2.75, 3.05) is 0 Å². The second-order valence-corrected chi connectivity index (χ2v) is 5.03. The smallest absolute Gasteiger partial charge is 0.106 e. The first-order valence-electron chi connectivity index (χ1n) is 6.50. The Kier molecular flexibility index (Phi) is 2.84. The van der Waals surface area contributed by atoms with Crippen LogP contribution in [0.4, 0.5) is 0 Å². The molecule has 0 fully saturated rings. The molecule has 0 saturated carbocycles. The average Bonchev–Trinajstić information content (AvgIpc) is 2.83. The van der Waals surface area contributed by atoms with Crippen molar-refractivity contribution in [1.29, 1.82) is 5.26 Å². The zero-order valence-corrected chi connectivity index (χ0v) is 10.9. The molecule has 0 aliphatic carbocycles. The molecule has 1 aromatic carbocycles. The van der Waals surface area contributed by atoms with Gasteiger partial charge in [0.2, 0.25) is 0 Å². The van der Waals surface area contributed by atoms with E-state index < -0.39 is 0 Å². The number of hydrogen-bond acceptors (Lipinski definition) is 3. The summed E-state index contributed by atoms with van der Waals surface area (Å²) >= 11 is 0. The highest BCUT2D eigenvalue weighted by Gasteiger charge is 2.27. The van der Waals surface area contributed by atoms with Gasteiger partial charge in [-0.2, -0.15) is 5.26 Å². The summed E-state index contributed by atoms with van der Waals surface area (Å²) in [6.07, 6.45) is 3.86. The molecule has 96 valence electrons. The number of nitriles is 1. The van der Waals surface area contributed by atoms with Crippen molar-refractivity contribution >= 4 is 0 Å². The van der Waals surface area contributed by atoms with Crippen molar-refractivity contribution in [3.8, 4) is 6.07 Å². The molecule has 4 nitrogen and oxygen atoms in total. The molecule has 19 heavy (non-hydrogen) atoms. The molecule has 0 bridgehead atoms. The van der Waals surface area contributed by atoms with Gasteiger partial charge in [-0.15, -0.1) is 0 Å². The summed E-state index contributed by atoms with van der Waals surface area (Å²) < 4.78 is 2.23. The number of rotatable bonds is 1. The van der Waals surface area contributed by atoms with Crippen LogP contribution in [0.3, 0.4) is 0 Å². The van der Waals surface area contributed by atoms with Gasteiger partial charge in [-0.1, -0.05) is 12.1 Å². The van der Waals surface area contributed by atoms with Crippen LogP contribution in [0.5, 0.6) is 0 Å². The fourth-order valence-electron chi connectivity index (χ4n) is 2.86. The standard InChI is InChI=1S/C15H16N4/c1-10-18-9-15-13(17)6-7-14(19(10)15)12-4-2-11(8-16)3-5-12/h2-5,9,13-14H,6-7,17H2,1H3/t13-,14?/m0/s1. The zero-order chi connectivity index (χ0) is 13.4. The molecule has 4 heteroatoms. The van der Waals surface area contributed by atoms with E-state index in [0.717, 1.165) is 24.4 Å². The summed E-state index contributed by atoms with van der Waals surface area (Å²) in [5.41, 5.74) is 9.16. The predicted octanol–water partition coefficient (Wildman–Crippen LogP) is 2.45. The van der Waals surface area contributed by atoms with Gasteiger partial charge in [0.1, 0.15) is 5.82 Å². The number of nitrogens with two attached hydrogens (primary N) is 1. The van der Waals surface area contributed by atoms with E-state index in [2.05, 4.69) is 15.6 Å². The number of hydrogen-bond donors (Lipinski definition) is 1. The van der Waals surface area contributed by atoms with Crippen LogP contribution in [-0.2, 0) is 0 Å². The van der Waals surface area contributed by atoms with Crippen molar-refractivity contribution in [1.82, 2.24) is 9.55 Å². The summed E-state index contributed by atoms with van der Waals surface area (Å²) in [5.74, 6) is 1.000. The molecule has 2 N–H and O–H groups in total. The zero-order valence-electron chi connectivity index (χ0n) is 10.9. The second-order valence-electron chi connectivity index (χ2n) is 5.03. The van der Waals surface area contributed by atoms with Crippen LogP contribution in [0.2, 0.25) is 0 Å². The first-order chi connectivity index (χ1) is 9.20. The van der Waals surface area contributed by atoms with Gasteiger partial charge in [0.25, 0.3) is 0 Å². The van der Waals surface area contributed by atoms with Crippen LogP contribution in [0.1, 0.15) is 47.6 Å². The maximum atomic E-state index is 8.86. The topological polar surface area (TPSA) is 67.6 Å². The molecule has 1 aliphatic heterocycles. The fourth-order valence-corrected chi connectivity index (χ4v) is 2.86. The largest absolute Gasteiger partial charge is 0.323 e. The van der Waals surface area contributed by atoms with Gasteiger partial charge < -0.3 is 10.3 Å². The van der Waals surface area contributed by atoms with Crippen molar-refractivity contribution in [2.45, 2.75) is 31.8 Å². The van der Waals surface area contributed by atoms with Crippen molar-refractivity contribution < 1.29 is 0 Å². The number of fused-ring (bicyclic) bond motifs is 1. The van der Waals surface area contributed by atoms with E-state index in [-0.39, 0.29) is 12.1 Å². The van der Waals surface area contributed by atoms with Crippen molar-refractivity contribution in [3.05, 3.63) is 53.1 Å². The lowest BCUT2D eigenvalue weighted by molar-refractivity contribution is 0.402. The summed E-state index contributed by atoms with van der Waals surface area (Å²) in [6.45, 7) is 2.01. The van der Waals surface area contributed by atoms with Crippen molar-refractivity contribution in [3.63, 3.8) is 0 Å². The van der Waals surface area contributed by atoms with Crippen LogP contribution in [0.25, 0.3) is 0 Å². The molecule has 2 heterocycles. The fraction of sp³-hybridized carbons (Fsp3) is 0.333. The van der Waals surface area contributed by atoms with Gasteiger partial charge in [-0.25, -0.2) is 4.98 Å². The van der Waals surface area contributed by atoms with E-state index in [1.165, 1.54) is 5.56 Å². The summed E-state index contributed by atoms with van der Waals surface area (Å²) in [6, 6.07) is 10.3. The Bertz CT molecular complexity index is 633. The van der Waals surface area contributed by atoms with Crippen LogP contribution < -0.4 is 5.73 Å². The molecular weight excluding hydrogens is 236 g/mol. The van der Waals surface area contributed by atoms with Crippen LogP contribution in [0, 0.1) is 18.3 Å². The molecule has 3 rings (SSSR count). The molecule has 1 aliphatic rings. The molecule has 0 saturated heterocycles. The molecular formula is C15H16N4. The Morgan fingerprint density at radius 1 is 1.32 bits per heavy atom. The third-order valence-electron chi connectivity index (χ3n) is 3.88. The Morgan fingerprint density at radius 3 is 2.74 bits per heavy atom. The SMILES string of the molecule is Cc1ncc2n1C(c1ccc(C#N)cc1)CC[C@@H]2N. The van der Waals surface area contributed by atoms with Gasteiger partial charge >= 0.3 is 0 Å². The van der Waals surface area contributed by atoms with Crippen LogP contribution in [-0.4, -0.2) is 9.55 Å². The predicted molar refractivity (Wildman–Crippen MR) is 72.4 cm³/mol. The van der Waals surface area contributed by atoms with E-state index >= 15 is 0 Å². The summed E-state index contributed by atoms with van der Waals surface area (Å²) in [4.78, 5) is 4.39. The minimum atomic E-state index is 0.0795. The van der Waals surface area contributed by atoms with Gasteiger partial charge in [0.05, 0.1) is 29.6 Å². The highest BCUT2D eigenvalue weighted by molar-refractivity contribution is 5.34. The first kappa shape index (κ1) is 11.9. The Morgan fingerprint density at radius 2 is 2.05 bits per heavy atom. The molecule has 2 atom stereocenters. The minimum absolute atomic E-state index is 0.0795. The summed E-state index contributed by atoms with van der Waals surface area (Å²) in [5, 5.41) is 8.86. The van der Waals surface area contributed by atoms with E-state index in [9.17, 15) is 0 Å². The van der Waals surface area contributed by atoms with Gasteiger partial charge in [0.15, 0.2) is 0 Å². The molecule has 2 aromatic rings. The molecule has 0 radical (unpaired) electrons. The highest BCUT2D eigenvalue weighted by atomic mass is 15.1. The van der Waals surface area contributed by atoms with E-state index in [1.807, 2.05) is 37.4 Å². The third-order valence-corrected chi connectivity index (χ3v) is 3.88. The molecule has 0 amide bonds. The van der Waals surface area contributed by atoms with E-state index in [4.69, 9.17) is 11.0 Å². The number of aromatic nitrogens is 2. The van der Waals surface area contributed by atoms with Gasteiger partial charge in [-0.05, 0) is 37.5 Å². The lowest BCUT2D eigenvalue weighted by Gasteiger charge is -2.30. The van der Waals surface area contributed by atoms with Crippen molar-refractivity contribution in [2.24, 2.45) is 5.73 Å². The maximum Gasteiger partial charge on any atom is 0.106 e.